The van der Waals surface area contributed by atoms with Gasteiger partial charge in [0, 0.05) is 99.8 Å². The molecule has 1 atom stereocenters. The molecule has 3 amide bonds. The number of nitrogens with zero attached hydrogens (tertiary/aromatic N) is 12. The Bertz CT molecular complexity index is 3390. The zero-order valence-corrected chi connectivity index (χ0v) is 46.5. The summed E-state index contributed by atoms with van der Waals surface area (Å²) < 4.78 is 47.1. The maximum Gasteiger partial charge on any atom is 0.405 e. The lowest BCUT2D eigenvalue weighted by Crippen LogP contribution is -2.55. The van der Waals surface area contributed by atoms with Crippen LogP contribution in [0.5, 0.6) is 17.5 Å². The van der Waals surface area contributed by atoms with E-state index in [2.05, 4.69) is 60.6 Å². The van der Waals surface area contributed by atoms with Crippen molar-refractivity contribution in [2.75, 3.05) is 94.9 Å². The Morgan fingerprint density at radius 3 is 2.35 bits per heavy atom. The third-order valence-electron chi connectivity index (χ3n) is 15.9. The number of nitriles is 1. The Balaban J connectivity index is 0.744. The molecule has 82 heavy (non-hydrogen) atoms. The highest BCUT2D eigenvalue weighted by molar-refractivity contribution is 6.36. The van der Waals surface area contributed by atoms with Crippen molar-refractivity contribution in [1.29, 1.82) is 5.26 Å². The number of aromatic nitrogens is 5. The molecule has 4 aromatic carbocycles. The zero-order valence-electron chi connectivity index (χ0n) is 45.8. The van der Waals surface area contributed by atoms with Crippen LogP contribution in [-0.2, 0) is 29.1 Å². The minimum Gasteiger partial charge on any atom is -0.508 e. The first kappa shape index (κ1) is 57.2. The molecule has 0 saturated carbocycles. The quantitative estimate of drug-likeness (QED) is 0.0802. The number of aromatic hydroxyl groups is 2. The number of ether oxygens (including phenoxy) is 1. The highest BCUT2D eigenvalue weighted by atomic mass is 35.5. The Morgan fingerprint density at radius 1 is 0.902 bits per heavy atom. The summed E-state index contributed by atoms with van der Waals surface area (Å²) in [6, 6.07) is 24.0. The van der Waals surface area contributed by atoms with Crippen molar-refractivity contribution < 1.29 is 42.5 Å². The van der Waals surface area contributed by atoms with Gasteiger partial charge in [0.25, 0.3) is 5.91 Å². The number of nitrogens with one attached hydrogen (secondary N) is 1. The second kappa shape index (κ2) is 24.6. The first-order chi connectivity index (χ1) is 39.5. The van der Waals surface area contributed by atoms with Gasteiger partial charge in [0.05, 0.1) is 41.4 Å². The number of halogens is 4. The predicted molar refractivity (Wildman–Crippen MR) is 303 cm³/mol. The van der Waals surface area contributed by atoms with Crippen LogP contribution >= 0.6 is 11.6 Å². The normalized spacial score (nSPS) is 17.5. The van der Waals surface area contributed by atoms with Crippen LogP contribution in [0.25, 0.3) is 27.8 Å². The van der Waals surface area contributed by atoms with E-state index in [-0.39, 0.29) is 65.0 Å². The molecule has 0 aliphatic carbocycles. The maximum atomic E-state index is 13.9. The van der Waals surface area contributed by atoms with Crippen LogP contribution in [0.15, 0.2) is 85.5 Å². The molecule has 0 radical (unpaired) electrons. The molecule has 6 heterocycles. The summed E-state index contributed by atoms with van der Waals surface area (Å²) in [6.07, 6.45) is -1.15. The number of benzene rings is 4. The van der Waals surface area contributed by atoms with E-state index in [9.17, 15) is 43.0 Å². The number of phenols is 2. The van der Waals surface area contributed by atoms with Crippen molar-refractivity contribution >= 4 is 51.6 Å². The monoisotopic (exact) mass is 1140 g/mol. The minimum atomic E-state index is -4.67. The second-order valence-electron chi connectivity index (χ2n) is 21.5. The number of fused-ring (bicyclic) bond motifs is 2. The van der Waals surface area contributed by atoms with Gasteiger partial charge in [-0.15, -0.1) is 10.2 Å². The van der Waals surface area contributed by atoms with Gasteiger partial charge in [-0.25, -0.2) is 0 Å². The van der Waals surface area contributed by atoms with Gasteiger partial charge in [0.1, 0.15) is 30.5 Å². The summed E-state index contributed by atoms with van der Waals surface area (Å²) >= 11 is 6.79. The van der Waals surface area contributed by atoms with E-state index >= 15 is 0 Å². The van der Waals surface area contributed by atoms with Crippen LogP contribution in [-0.4, -0.2) is 170 Å². The number of hydrogen-bond acceptors (Lipinski definition) is 15. The number of phenolic OH excluding ortho intramolecular Hbond substituents is 2. The molecular formula is C59H65ClF3N13O6. The number of piperazine rings is 2. The Morgan fingerprint density at radius 2 is 1.65 bits per heavy atom. The molecule has 6 aromatic rings. The van der Waals surface area contributed by atoms with Gasteiger partial charge in [-0.05, 0) is 91.2 Å². The Hall–Kier alpha value is -8.00. The number of carbonyl (C=O) groups excluding carboxylic acids is 3. The first-order valence-electron chi connectivity index (χ1n) is 27.7. The van der Waals surface area contributed by atoms with Gasteiger partial charge in [-0.1, -0.05) is 68.4 Å². The molecule has 4 aliphatic rings. The SMILES string of the molecule is C=CC(=O)N1CCN(c2nc(OCCN3CCN(C(=O)C4CCN(Cc5ccc(-n6c(C(=O)NCC(F)(F)F)nnc6-c6cc(C(C)C)c(O)cc6O)cc5)CC4)CC3)nc3c2CCN(c2cccc4cccc(Cl)c24)C3)CC1CC#N. The number of piperidine rings is 1. The van der Waals surface area contributed by atoms with E-state index in [4.69, 9.17) is 26.3 Å². The predicted octanol–water partition coefficient (Wildman–Crippen LogP) is 7.47. The van der Waals surface area contributed by atoms with Crippen molar-refractivity contribution in [3.05, 3.63) is 119 Å². The second-order valence-corrected chi connectivity index (χ2v) is 21.9. The third kappa shape index (κ3) is 12.6. The highest BCUT2D eigenvalue weighted by Gasteiger charge is 2.36. The lowest BCUT2D eigenvalue weighted by molar-refractivity contribution is -0.139. The zero-order chi connectivity index (χ0) is 57.8. The molecule has 0 bridgehead atoms. The maximum absolute atomic E-state index is 13.9. The molecule has 19 nitrogen and oxygen atoms in total. The van der Waals surface area contributed by atoms with Crippen molar-refractivity contribution in [3.63, 3.8) is 0 Å². The molecular weight excluding hydrogens is 1080 g/mol. The van der Waals surface area contributed by atoms with Crippen molar-refractivity contribution in [3.8, 4) is 40.7 Å². The summed E-state index contributed by atoms with van der Waals surface area (Å²) in [4.78, 5) is 62.6. The fourth-order valence-electron chi connectivity index (χ4n) is 11.6. The molecule has 23 heteroatoms. The number of rotatable bonds is 16. The largest absolute Gasteiger partial charge is 0.508 e. The molecule has 3 fully saturated rings. The number of carbonyl (C=O) groups is 3. The van der Waals surface area contributed by atoms with Crippen LogP contribution < -0.4 is 19.9 Å². The van der Waals surface area contributed by atoms with Gasteiger partial charge in [-0.3, -0.25) is 28.8 Å². The molecule has 1 unspecified atom stereocenters. The fourth-order valence-corrected chi connectivity index (χ4v) is 11.9. The van der Waals surface area contributed by atoms with Gasteiger partial charge < -0.3 is 39.9 Å². The number of likely N-dealkylation sites (tertiary alicyclic amines) is 1. The summed E-state index contributed by atoms with van der Waals surface area (Å²) in [5.74, 6) is -1.61. The molecule has 10 rings (SSSR count). The van der Waals surface area contributed by atoms with Crippen molar-refractivity contribution in [2.45, 2.75) is 70.8 Å². The topological polar surface area (TPSA) is 213 Å². The average molecular weight is 1140 g/mol. The summed E-state index contributed by atoms with van der Waals surface area (Å²) in [6.45, 7) is 13.8. The van der Waals surface area contributed by atoms with Crippen LogP contribution in [0.1, 0.15) is 72.0 Å². The molecule has 4 aliphatic heterocycles. The molecule has 3 saturated heterocycles. The number of anilines is 2. The van der Waals surface area contributed by atoms with E-state index in [1.807, 2.05) is 54.4 Å². The fraction of sp³-hybridized carbons (Fsp3) is 0.424. The van der Waals surface area contributed by atoms with Crippen LogP contribution in [0.3, 0.4) is 0 Å². The molecule has 3 N–H and O–H groups in total. The van der Waals surface area contributed by atoms with Crippen LogP contribution in [0.2, 0.25) is 5.02 Å². The summed E-state index contributed by atoms with van der Waals surface area (Å²) in [5.41, 5.74) is 4.78. The highest BCUT2D eigenvalue weighted by Crippen LogP contribution is 2.40. The lowest BCUT2D eigenvalue weighted by atomic mass is 9.94. The van der Waals surface area contributed by atoms with E-state index in [0.29, 0.717) is 127 Å². The Labute approximate surface area is 478 Å². The van der Waals surface area contributed by atoms with E-state index in [0.717, 1.165) is 45.2 Å². The van der Waals surface area contributed by atoms with E-state index in [1.165, 1.54) is 16.7 Å². The van der Waals surface area contributed by atoms with Crippen LogP contribution in [0.4, 0.5) is 24.7 Å². The van der Waals surface area contributed by atoms with Crippen molar-refractivity contribution in [2.24, 2.45) is 5.92 Å². The van der Waals surface area contributed by atoms with Crippen LogP contribution in [0, 0.1) is 17.2 Å². The number of amides is 3. The van der Waals surface area contributed by atoms with Gasteiger partial charge >= 0.3 is 12.2 Å². The molecule has 430 valence electrons. The first-order valence-corrected chi connectivity index (χ1v) is 28.0. The molecule has 0 spiro atoms. The van der Waals surface area contributed by atoms with Crippen molar-refractivity contribution in [1.82, 2.24) is 49.6 Å². The van der Waals surface area contributed by atoms with Gasteiger partial charge in [0.2, 0.25) is 17.6 Å². The number of alkyl halides is 3. The number of hydrogen-bond donors (Lipinski definition) is 3. The van der Waals surface area contributed by atoms with Gasteiger partial charge in [0.15, 0.2) is 5.82 Å². The average Bonchev–Trinajstić information content (AvgIpc) is 3.61. The lowest BCUT2D eigenvalue weighted by Gasteiger charge is -2.42. The Kier molecular flexibility index (Phi) is 17.2. The minimum absolute atomic E-state index is 0.00487. The van der Waals surface area contributed by atoms with E-state index < -0.39 is 24.5 Å². The summed E-state index contributed by atoms with van der Waals surface area (Å²) in [7, 11) is 0. The standard InChI is InChI=1S/C59H65ClF3N13O6/c1-4-51(79)75-28-27-74(34-42(75)15-19-64)53-43-18-22-73(48-10-6-8-39-7-5-9-46(60)52(39)48)35-47(43)66-58(67-53)82-30-29-70-23-25-72(26-24-70)57(81)40-16-20-71(21-17-40)33-38-11-13-41(14-12-38)76-54(45-31-44(37(2)3)49(77)32-50(45)78)68-69-55(76)56(80)65-36-59(61,62)63/h4-14,31-32,37,40,42,77-78H,1,15-18,20-30,33-36H2,2-3H3,(H,65,80). The van der Waals surface area contributed by atoms with Gasteiger partial charge in [-0.2, -0.15) is 28.4 Å². The van der Waals surface area contributed by atoms with E-state index in [1.54, 1.807) is 17.0 Å². The smallest absolute Gasteiger partial charge is 0.405 e. The molecule has 2 aromatic heterocycles. The summed E-state index contributed by atoms with van der Waals surface area (Å²) in [5, 5.41) is 43.8. The third-order valence-corrected chi connectivity index (χ3v) is 16.3.